The highest BCUT2D eigenvalue weighted by atomic mass is 35.7. The third-order valence-corrected chi connectivity index (χ3v) is 5.60. The standard InChI is InChI=1S/C25H30NO2S.ClHO4/c1-3-5-15-27-22-11-7-19(8-12-22)21-17-24(29-25(26)18-21)20-9-13-23(14-10-20)28-16-6-4-2;2-1(3,4)5/h7-14,17-18H,3-6,15-16,26H2,1-2H3;(H,2,3,4,5)/q+1;/p-1. The predicted octanol–water partition coefficient (Wildman–Crippen LogP) is 2.55. The highest BCUT2D eigenvalue weighted by Gasteiger charge is 2.16. The number of hydrogen-bond donors (Lipinski definition) is 1. The number of nitrogens with two attached hydrogens (primary N) is 1. The van der Waals surface area contributed by atoms with Gasteiger partial charge < -0.3 is 15.2 Å². The van der Waals surface area contributed by atoms with Crippen LogP contribution in [0, 0.1) is 10.2 Å². The largest absolute Gasteiger partial charge is 0.494 e. The lowest BCUT2D eigenvalue weighted by Gasteiger charge is -2.17. The molecule has 0 unspecified atom stereocenters. The van der Waals surface area contributed by atoms with Gasteiger partial charge in [-0.05, 0) is 60.4 Å². The summed E-state index contributed by atoms with van der Waals surface area (Å²) < 4.78 is 45.5. The van der Waals surface area contributed by atoms with Crippen molar-refractivity contribution >= 4 is 16.3 Å². The predicted molar refractivity (Wildman–Crippen MR) is 125 cm³/mol. The quantitative estimate of drug-likeness (QED) is 0.329. The first-order valence-corrected chi connectivity index (χ1v) is 13.1. The highest BCUT2D eigenvalue weighted by molar-refractivity contribution is 7.18. The van der Waals surface area contributed by atoms with Crippen molar-refractivity contribution in [3.63, 3.8) is 0 Å². The normalized spacial score (nSPS) is 10.9. The number of ether oxygens (including phenoxy) is 2. The van der Waals surface area contributed by atoms with Crippen molar-refractivity contribution in [2.24, 2.45) is 0 Å². The fourth-order valence-corrected chi connectivity index (χ4v) is 3.84. The van der Waals surface area contributed by atoms with Gasteiger partial charge in [-0.25, -0.2) is 18.6 Å². The van der Waals surface area contributed by atoms with Crippen LogP contribution in [0.5, 0.6) is 11.5 Å². The van der Waals surface area contributed by atoms with Gasteiger partial charge in [0.15, 0.2) is 0 Å². The third-order valence-electron chi connectivity index (χ3n) is 4.67. The monoisotopic (exact) mass is 507 g/mol. The van der Waals surface area contributed by atoms with Crippen LogP contribution in [0.1, 0.15) is 39.5 Å². The summed E-state index contributed by atoms with van der Waals surface area (Å²) in [6.07, 6.45) is 4.42. The van der Waals surface area contributed by atoms with Crippen LogP contribution in [0.4, 0.5) is 5.00 Å². The lowest BCUT2D eigenvalue weighted by Crippen LogP contribution is -2.68. The molecule has 3 aromatic rings. The Morgan fingerprint density at radius 3 is 1.59 bits per heavy atom. The number of halogens is 1. The molecule has 0 saturated heterocycles. The van der Waals surface area contributed by atoms with Crippen molar-refractivity contribution < 1.29 is 38.4 Å². The Balaban J connectivity index is 0.000000739. The molecule has 34 heavy (non-hydrogen) atoms. The molecule has 7 nitrogen and oxygen atoms in total. The van der Waals surface area contributed by atoms with E-state index in [0.717, 1.165) is 77.0 Å². The van der Waals surface area contributed by atoms with Gasteiger partial charge in [0.2, 0.25) is 16.2 Å². The number of rotatable bonds is 10. The van der Waals surface area contributed by atoms with Crippen LogP contribution in [0.2, 0.25) is 0 Å². The molecule has 0 aliphatic carbocycles. The van der Waals surface area contributed by atoms with E-state index in [0.29, 0.717) is 0 Å². The van der Waals surface area contributed by atoms with Crippen molar-refractivity contribution in [2.45, 2.75) is 39.5 Å². The van der Waals surface area contributed by atoms with Gasteiger partial charge in [-0.2, -0.15) is 0 Å². The van der Waals surface area contributed by atoms with Crippen molar-refractivity contribution in [1.29, 1.82) is 0 Å². The molecule has 0 amide bonds. The maximum atomic E-state index is 8.49. The molecule has 0 bridgehead atoms. The number of anilines is 1. The Kier molecular flexibility index (Phi) is 11.5. The van der Waals surface area contributed by atoms with E-state index in [4.69, 9.17) is 33.8 Å². The molecule has 0 spiro atoms. The number of nitrogen functional groups attached to an aromatic ring is 1. The number of unbranched alkanes of at least 4 members (excludes halogenated alkanes) is 2. The summed E-state index contributed by atoms with van der Waals surface area (Å²) in [6.45, 7) is 5.85. The molecule has 0 radical (unpaired) electrons. The molecular weight excluding hydrogens is 478 g/mol. The van der Waals surface area contributed by atoms with E-state index >= 15 is 0 Å². The summed E-state index contributed by atoms with van der Waals surface area (Å²) in [7, 11) is -4.94. The zero-order valence-corrected chi connectivity index (χ0v) is 20.9. The van der Waals surface area contributed by atoms with Gasteiger partial charge in [0.25, 0.3) is 5.00 Å². The van der Waals surface area contributed by atoms with E-state index < -0.39 is 10.2 Å². The molecule has 0 atom stereocenters. The fourth-order valence-electron chi connectivity index (χ4n) is 2.96. The topological polar surface area (TPSA) is 137 Å². The van der Waals surface area contributed by atoms with Crippen molar-refractivity contribution in [3.05, 3.63) is 60.7 Å². The van der Waals surface area contributed by atoms with Crippen molar-refractivity contribution in [3.8, 4) is 33.1 Å². The molecular formula is C25H30ClNO6S. The van der Waals surface area contributed by atoms with Crippen LogP contribution in [-0.2, 0) is 0 Å². The molecule has 0 aliphatic heterocycles. The molecule has 9 heteroatoms. The Bertz CT molecular complexity index is 916. The Labute approximate surface area is 206 Å². The first-order chi connectivity index (χ1) is 16.2. The Hall–Kier alpha value is -2.46. The number of benzene rings is 2. The van der Waals surface area contributed by atoms with Gasteiger partial charge in [0.05, 0.1) is 13.2 Å². The molecule has 2 N–H and O–H groups in total. The maximum absolute atomic E-state index is 8.49. The summed E-state index contributed by atoms with van der Waals surface area (Å²) in [5.74, 6) is 1.82. The van der Waals surface area contributed by atoms with Crippen LogP contribution < -0.4 is 33.8 Å². The van der Waals surface area contributed by atoms with E-state index in [-0.39, 0.29) is 0 Å². The van der Waals surface area contributed by atoms with E-state index in [1.807, 2.05) is 30.3 Å². The summed E-state index contributed by atoms with van der Waals surface area (Å²) in [4.78, 5) is 1.14. The van der Waals surface area contributed by atoms with Gasteiger partial charge in [-0.1, -0.05) is 38.8 Å². The van der Waals surface area contributed by atoms with E-state index in [1.165, 1.54) is 0 Å². The third kappa shape index (κ3) is 10.6. The summed E-state index contributed by atoms with van der Waals surface area (Å²) in [6, 6.07) is 20.7. The molecule has 2 aromatic carbocycles. The highest BCUT2D eigenvalue weighted by Crippen LogP contribution is 2.35. The summed E-state index contributed by atoms with van der Waals surface area (Å²) in [5.41, 5.74) is 9.61. The SMILES string of the molecule is CCCCOc1ccc(-c2cc(N)[s+]c(-c3ccc(OCCCC)cc3)c2)cc1.[O-][Cl+3]([O-])([O-])[O-]. The molecule has 1 aromatic heterocycles. The van der Waals surface area contributed by atoms with Gasteiger partial charge in [0, 0.05) is 17.7 Å². The average Bonchev–Trinajstić information content (AvgIpc) is 2.79. The zero-order valence-electron chi connectivity index (χ0n) is 19.3. The zero-order chi connectivity index (χ0) is 25.0. The Morgan fingerprint density at radius 2 is 1.15 bits per heavy atom. The van der Waals surface area contributed by atoms with Crippen LogP contribution in [0.3, 0.4) is 0 Å². The Morgan fingerprint density at radius 1 is 0.706 bits per heavy atom. The first-order valence-electron chi connectivity index (χ1n) is 11.0. The summed E-state index contributed by atoms with van der Waals surface area (Å²) in [5, 5.41) is 0.795. The second kappa shape index (κ2) is 14.1. The fraction of sp³-hybridized carbons (Fsp3) is 0.320. The number of hydrogen-bond acceptors (Lipinski definition) is 7. The minimum Gasteiger partial charge on any atom is -0.494 e. The van der Waals surface area contributed by atoms with E-state index in [9.17, 15) is 0 Å². The van der Waals surface area contributed by atoms with E-state index in [2.05, 4.69) is 44.2 Å². The van der Waals surface area contributed by atoms with Crippen LogP contribution >= 0.6 is 11.3 Å². The van der Waals surface area contributed by atoms with Crippen molar-refractivity contribution in [2.75, 3.05) is 18.9 Å². The lowest BCUT2D eigenvalue weighted by molar-refractivity contribution is -2.00. The molecule has 3 rings (SSSR count). The van der Waals surface area contributed by atoms with Crippen LogP contribution in [0.15, 0.2) is 60.7 Å². The van der Waals surface area contributed by atoms with Gasteiger partial charge >= 0.3 is 0 Å². The van der Waals surface area contributed by atoms with Crippen LogP contribution in [0.25, 0.3) is 21.6 Å². The lowest BCUT2D eigenvalue weighted by atomic mass is 10.1. The van der Waals surface area contributed by atoms with Gasteiger partial charge in [-0.15, -0.1) is 10.2 Å². The molecule has 0 fully saturated rings. The van der Waals surface area contributed by atoms with E-state index in [1.54, 1.807) is 11.3 Å². The molecule has 0 saturated carbocycles. The smallest absolute Gasteiger partial charge is 0.296 e. The minimum absolute atomic E-state index is 0.762. The van der Waals surface area contributed by atoms with Crippen LogP contribution in [-0.4, -0.2) is 13.2 Å². The van der Waals surface area contributed by atoms with Gasteiger partial charge in [-0.3, -0.25) is 0 Å². The second-order valence-electron chi connectivity index (χ2n) is 7.44. The summed E-state index contributed by atoms with van der Waals surface area (Å²) >= 11 is 1.60. The second-order valence-corrected chi connectivity index (χ2v) is 9.31. The molecule has 184 valence electrons. The molecule has 1 heterocycles. The van der Waals surface area contributed by atoms with Gasteiger partial charge in [0.1, 0.15) is 11.5 Å². The maximum Gasteiger partial charge on any atom is 0.296 e. The minimum atomic E-state index is -4.94. The average molecular weight is 508 g/mol. The van der Waals surface area contributed by atoms with Crippen molar-refractivity contribution in [1.82, 2.24) is 0 Å². The first kappa shape index (κ1) is 27.8. The molecule has 0 aliphatic rings.